The monoisotopic (exact) mass is 308 g/mol. The standard InChI is InChI=1S/C16H12N4OS/c21-10-13-14(11-4-2-1-3-5-11)18-16-20(13)19-15(22-16)12-6-8-17-9-7-12/h1-9,21H,10H2. The Morgan fingerprint density at radius 1 is 1.00 bits per heavy atom. The van der Waals surface area contributed by atoms with Gasteiger partial charge in [0.2, 0.25) is 4.96 Å². The van der Waals surface area contributed by atoms with Crippen LogP contribution >= 0.6 is 11.3 Å². The first-order valence-electron chi connectivity index (χ1n) is 6.82. The number of fused-ring (bicyclic) bond motifs is 1. The molecule has 0 bridgehead atoms. The highest BCUT2D eigenvalue weighted by atomic mass is 32.1. The maximum absolute atomic E-state index is 9.74. The molecule has 0 amide bonds. The summed E-state index contributed by atoms with van der Waals surface area (Å²) in [5.41, 5.74) is 3.46. The molecule has 0 spiro atoms. The van der Waals surface area contributed by atoms with Gasteiger partial charge in [-0.1, -0.05) is 41.7 Å². The summed E-state index contributed by atoms with van der Waals surface area (Å²) in [5, 5.41) is 15.2. The second-order valence-electron chi connectivity index (χ2n) is 4.77. The van der Waals surface area contributed by atoms with Crippen LogP contribution in [0.4, 0.5) is 0 Å². The minimum Gasteiger partial charge on any atom is -0.390 e. The molecule has 6 heteroatoms. The van der Waals surface area contributed by atoms with Crippen molar-refractivity contribution in [1.82, 2.24) is 19.6 Å². The SMILES string of the molecule is OCc1c(-c2ccccc2)nc2sc(-c3ccncc3)nn12. The molecule has 0 fully saturated rings. The smallest absolute Gasteiger partial charge is 0.213 e. The van der Waals surface area contributed by atoms with Crippen molar-refractivity contribution in [2.75, 3.05) is 0 Å². The van der Waals surface area contributed by atoms with Gasteiger partial charge in [-0.25, -0.2) is 9.50 Å². The molecule has 3 heterocycles. The van der Waals surface area contributed by atoms with E-state index in [1.807, 2.05) is 42.5 Å². The molecule has 4 aromatic rings. The molecule has 3 aromatic heterocycles. The molecule has 0 unspecified atom stereocenters. The van der Waals surface area contributed by atoms with Gasteiger partial charge in [0.25, 0.3) is 0 Å². The molecule has 108 valence electrons. The van der Waals surface area contributed by atoms with E-state index in [0.29, 0.717) is 5.69 Å². The van der Waals surface area contributed by atoms with Crippen molar-refractivity contribution >= 4 is 16.3 Å². The molecule has 1 N–H and O–H groups in total. The van der Waals surface area contributed by atoms with Crippen LogP contribution in [0.15, 0.2) is 54.9 Å². The van der Waals surface area contributed by atoms with E-state index in [2.05, 4.69) is 15.1 Å². The molecule has 4 rings (SSSR count). The molecule has 0 radical (unpaired) electrons. The average molecular weight is 308 g/mol. The van der Waals surface area contributed by atoms with Crippen molar-refractivity contribution in [3.63, 3.8) is 0 Å². The average Bonchev–Trinajstić information content (AvgIpc) is 3.14. The van der Waals surface area contributed by atoms with E-state index >= 15 is 0 Å². The van der Waals surface area contributed by atoms with Crippen molar-refractivity contribution in [2.45, 2.75) is 6.61 Å². The molecular weight excluding hydrogens is 296 g/mol. The van der Waals surface area contributed by atoms with Crippen molar-refractivity contribution in [2.24, 2.45) is 0 Å². The van der Waals surface area contributed by atoms with E-state index in [4.69, 9.17) is 0 Å². The van der Waals surface area contributed by atoms with E-state index < -0.39 is 0 Å². The Labute approximate surface area is 130 Å². The molecule has 0 saturated heterocycles. The molecule has 0 aliphatic heterocycles. The lowest BCUT2D eigenvalue weighted by atomic mass is 10.1. The zero-order valence-corrected chi connectivity index (χ0v) is 12.4. The number of rotatable bonds is 3. The van der Waals surface area contributed by atoms with Crippen molar-refractivity contribution in [3.05, 3.63) is 60.6 Å². The van der Waals surface area contributed by atoms with E-state index in [0.717, 1.165) is 26.8 Å². The lowest BCUT2D eigenvalue weighted by Crippen LogP contribution is -1.95. The number of aliphatic hydroxyl groups excluding tert-OH is 1. The van der Waals surface area contributed by atoms with Crippen LogP contribution in [0, 0.1) is 0 Å². The van der Waals surface area contributed by atoms with Gasteiger partial charge in [-0.15, -0.1) is 0 Å². The highest BCUT2D eigenvalue weighted by Crippen LogP contribution is 2.30. The minimum atomic E-state index is -0.106. The van der Waals surface area contributed by atoms with Crippen LogP contribution in [0.25, 0.3) is 26.8 Å². The molecule has 0 saturated carbocycles. The Morgan fingerprint density at radius 2 is 1.77 bits per heavy atom. The van der Waals surface area contributed by atoms with Gasteiger partial charge in [0, 0.05) is 23.5 Å². The first kappa shape index (κ1) is 13.1. The lowest BCUT2D eigenvalue weighted by molar-refractivity contribution is 0.275. The molecular formula is C16H12N4OS. The zero-order valence-electron chi connectivity index (χ0n) is 11.5. The summed E-state index contributed by atoms with van der Waals surface area (Å²) in [4.78, 5) is 9.43. The fraction of sp³-hybridized carbons (Fsp3) is 0.0625. The highest BCUT2D eigenvalue weighted by Gasteiger charge is 2.17. The van der Waals surface area contributed by atoms with Gasteiger partial charge in [-0.05, 0) is 12.1 Å². The Kier molecular flexibility index (Phi) is 3.17. The maximum atomic E-state index is 9.74. The minimum absolute atomic E-state index is 0.106. The van der Waals surface area contributed by atoms with Crippen LogP contribution in [0.1, 0.15) is 5.69 Å². The molecule has 0 aliphatic carbocycles. The van der Waals surface area contributed by atoms with Gasteiger partial charge in [0.15, 0.2) is 0 Å². The van der Waals surface area contributed by atoms with Gasteiger partial charge in [-0.3, -0.25) is 4.98 Å². The lowest BCUT2D eigenvalue weighted by Gasteiger charge is -2.00. The fourth-order valence-electron chi connectivity index (χ4n) is 2.37. The first-order valence-corrected chi connectivity index (χ1v) is 7.63. The number of aliphatic hydroxyl groups is 1. The molecule has 0 atom stereocenters. The van der Waals surface area contributed by atoms with Crippen LogP contribution < -0.4 is 0 Å². The second-order valence-corrected chi connectivity index (χ2v) is 5.72. The zero-order chi connectivity index (χ0) is 14.9. The van der Waals surface area contributed by atoms with E-state index in [1.165, 1.54) is 11.3 Å². The predicted octanol–water partition coefficient (Wildman–Crippen LogP) is 3.01. The maximum Gasteiger partial charge on any atom is 0.213 e. The number of aromatic nitrogens is 4. The number of nitrogens with zero attached hydrogens (tertiary/aromatic N) is 4. The van der Waals surface area contributed by atoms with Gasteiger partial charge >= 0.3 is 0 Å². The van der Waals surface area contributed by atoms with Crippen LogP contribution in [0.3, 0.4) is 0 Å². The molecule has 22 heavy (non-hydrogen) atoms. The van der Waals surface area contributed by atoms with E-state index in [-0.39, 0.29) is 6.61 Å². The van der Waals surface area contributed by atoms with Gasteiger partial charge in [0.1, 0.15) is 5.01 Å². The summed E-state index contributed by atoms with van der Waals surface area (Å²) in [5.74, 6) is 0. The Hall–Kier alpha value is -2.57. The van der Waals surface area contributed by atoms with E-state index in [1.54, 1.807) is 16.9 Å². The number of hydrogen-bond acceptors (Lipinski definition) is 5. The number of imidazole rings is 1. The molecule has 0 aliphatic rings. The van der Waals surface area contributed by atoms with Crippen LogP contribution in [0.2, 0.25) is 0 Å². The first-order chi connectivity index (χ1) is 10.9. The topological polar surface area (TPSA) is 63.3 Å². The summed E-state index contributed by atoms with van der Waals surface area (Å²) >= 11 is 1.50. The number of hydrogen-bond donors (Lipinski definition) is 1. The number of benzene rings is 1. The van der Waals surface area contributed by atoms with Crippen molar-refractivity contribution < 1.29 is 5.11 Å². The highest BCUT2D eigenvalue weighted by molar-refractivity contribution is 7.19. The van der Waals surface area contributed by atoms with Crippen LogP contribution in [0.5, 0.6) is 0 Å². The van der Waals surface area contributed by atoms with Gasteiger partial charge < -0.3 is 5.11 Å². The van der Waals surface area contributed by atoms with Crippen molar-refractivity contribution in [1.29, 1.82) is 0 Å². The molecule has 5 nitrogen and oxygen atoms in total. The quantitative estimate of drug-likeness (QED) is 0.632. The van der Waals surface area contributed by atoms with Crippen molar-refractivity contribution in [3.8, 4) is 21.8 Å². The third-order valence-corrected chi connectivity index (χ3v) is 4.38. The fourth-order valence-corrected chi connectivity index (χ4v) is 3.29. The second kappa shape index (κ2) is 5.32. The summed E-state index contributed by atoms with van der Waals surface area (Å²) in [6.07, 6.45) is 3.48. The molecule has 1 aromatic carbocycles. The Balaban J connectivity index is 1.88. The third kappa shape index (κ3) is 2.09. The summed E-state index contributed by atoms with van der Waals surface area (Å²) in [7, 11) is 0. The third-order valence-electron chi connectivity index (χ3n) is 3.42. The summed E-state index contributed by atoms with van der Waals surface area (Å²) in [6.45, 7) is -0.106. The number of pyridine rings is 1. The van der Waals surface area contributed by atoms with Crippen LogP contribution in [-0.4, -0.2) is 24.7 Å². The van der Waals surface area contributed by atoms with Crippen LogP contribution in [-0.2, 0) is 6.61 Å². The van der Waals surface area contributed by atoms with Gasteiger partial charge in [0.05, 0.1) is 18.0 Å². The summed E-state index contributed by atoms with van der Waals surface area (Å²) in [6, 6.07) is 13.7. The predicted molar refractivity (Wildman–Crippen MR) is 85.5 cm³/mol. The largest absolute Gasteiger partial charge is 0.390 e. The Morgan fingerprint density at radius 3 is 2.50 bits per heavy atom. The van der Waals surface area contributed by atoms with Gasteiger partial charge in [-0.2, -0.15) is 5.10 Å². The van der Waals surface area contributed by atoms with E-state index in [9.17, 15) is 5.11 Å². The normalized spacial score (nSPS) is 11.1. The summed E-state index contributed by atoms with van der Waals surface area (Å²) < 4.78 is 1.72. The Bertz CT molecular complexity index is 915.